The smallest absolute Gasteiger partial charge is 0.310 e. The summed E-state index contributed by atoms with van der Waals surface area (Å²) in [4.78, 5) is 25.2. The Morgan fingerprint density at radius 2 is 2.11 bits per heavy atom. The molecule has 104 valence electrons. The van der Waals surface area contributed by atoms with E-state index in [0.29, 0.717) is 19.0 Å². The van der Waals surface area contributed by atoms with E-state index in [0.717, 1.165) is 19.3 Å². The molecule has 1 fully saturated rings. The second-order valence-electron chi connectivity index (χ2n) is 5.18. The highest BCUT2D eigenvalue weighted by molar-refractivity contribution is 5.80. The molecule has 0 spiro atoms. The lowest BCUT2D eigenvalue weighted by Crippen LogP contribution is -2.40. The first kappa shape index (κ1) is 15.0. The van der Waals surface area contributed by atoms with E-state index in [-0.39, 0.29) is 23.7 Å². The van der Waals surface area contributed by atoms with E-state index in [1.165, 1.54) is 7.11 Å². The van der Waals surface area contributed by atoms with Gasteiger partial charge in [0.2, 0.25) is 5.91 Å². The van der Waals surface area contributed by atoms with Crippen LogP contribution < -0.4 is 5.73 Å². The molecule has 0 aromatic heterocycles. The Morgan fingerprint density at radius 3 is 2.67 bits per heavy atom. The number of esters is 1. The Hall–Kier alpha value is -1.10. The van der Waals surface area contributed by atoms with Gasteiger partial charge in [-0.15, -0.1) is 0 Å². The fourth-order valence-corrected chi connectivity index (χ4v) is 2.70. The minimum atomic E-state index is -0.290. The maximum Gasteiger partial charge on any atom is 0.310 e. The standard InChI is InChI=1S/C13H24N2O3/c1-9(13(17)18-3)8-15(2)12(16)11-6-4-5-10(11)7-14/h9-11H,4-8,14H2,1-3H3. The molecule has 18 heavy (non-hydrogen) atoms. The molecule has 5 nitrogen and oxygen atoms in total. The van der Waals surface area contributed by atoms with Gasteiger partial charge in [0.15, 0.2) is 0 Å². The maximum absolute atomic E-state index is 12.3. The number of rotatable bonds is 5. The summed E-state index contributed by atoms with van der Waals surface area (Å²) >= 11 is 0. The van der Waals surface area contributed by atoms with Crippen molar-refractivity contribution in [3.05, 3.63) is 0 Å². The predicted molar refractivity (Wildman–Crippen MR) is 68.7 cm³/mol. The van der Waals surface area contributed by atoms with Gasteiger partial charge < -0.3 is 15.4 Å². The molecule has 1 saturated carbocycles. The van der Waals surface area contributed by atoms with Gasteiger partial charge in [-0.3, -0.25) is 9.59 Å². The summed E-state index contributed by atoms with van der Waals surface area (Å²) in [5.74, 6) is -0.130. The molecule has 3 atom stereocenters. The lowest BCUT2D eigenvalue weighted by Gasteiger charge is -2.26. The van der Waals surface area contributed by atoms with E-state index >= 15 is 0 Å². The largest absolute Gasteiger partial charge is 0.469 e. The van der Waals surface area contributed by atoms with Crippen molar-refractivity contribution in [2.24, 2.45) is 23.5 Å². The third-order valence-electron chi connectivity index (χ3n) is 3.81. The van der Waals surface area contributed by atoms with Crippen molar-refractivity contribution >= 4 is 11.9 Å². The van der Waals surface area contributed by atoms with Gasteiger partial charge >= 0.3 is 5.97 Å². The Balaban J connectivity index is 2.53. The van der Waals surface area contributed by atoms with Gasteiger partial charge in [-0.2, -0.15) is 0 Å². The van der Waals surface area contributed by atoms with Crippen molar-refractivity contribution in [1.82, 2.24) is 4.90 Å². The maximum atomic E-state index is 12.3. The quantitative estimate of drug-likeness (QED) is 0.732. The molecule has 0 bridgehead atoms. The van der Waals surface area contributed by atoms with Crippen LogP contribution in [-0.2, 0) is 14.3 Å². The van der Waals surface area contributed by atoms with Crippen LogP contribution >= 0.6 is 0 Å². The van der Waals surface area contributed by atoms with Crippen LogP contribution in [-0.4, -0.2) is 44.0 Å². The van der Waals surface area contributed by atoms with E-state index in [1.807, 2.05) is 0 Å². The molecule has 1 aliphatic rings. The summed E-state index contributed by atoms with van der Waals surface area (Å²) < 4.78 is 4.66. The summed E-state index contributed by atoms with van der Waals surface area (Å²) in [5.41, 5.74) is 5.69. The minimum absolute atomic E-state index is 0.0323. The molecular weight excluding hydrogens is 232 g/mol. The molecule has 0 aromatic rings. The molecular formula is C13H24N2O3. The fraction of sp³-hybridized carbons (Fsp3) is 0.846. The predicted octanol–water partition coefficient (Wildman–Crippen LogP) is 0.629. The average molecular weight is 256 g/mol. The molecule has 0 aliphatic heterocycles. The molecule has 5 heteroatoms. The van der Waals surface area contributed by atoms with Crippen molar-refractivity contribution in [3.8, 4) is 0 Å². The van der Waals surface area contributed by atoms with Crippen LogP contribution in [0.25, 0.3) is 0 Å². The first-order chi connectivity index (χ1) is 8.51. The van der Waals surface area contributed by atoms with Crippen LogP contribution in [0.3, 0.4) is 0 Å². The van der Waals surface area contributed by atoms with Crippen LogP contribution in [0, 0.1) is 17.8 Å². The van der Waals surface area contributed by atoms with Crippen molar-refractivity contribution in [1.29, 1.82) is 0 Å². The molecule has 0 heterocycles. The molecule has 0 radical (unpaired) electrons. The molecule has 1 aliphatic carbocycles. The summed E-state index contributed by atoms with van der Waals surface area (Å²) in [6.07, 6.45) is 3.02. The van der Waals surface area contributed by atoms with E-state index in [1.54, 1.807) is 18.9 Å². The van der Waals surface area contributed by atoms with Crippen molar-refractivity contribution in [2.75, 3.05) is 27.2 Å². The first-order valence-electron chi connectivity index (χ1n) is 6.54. The highest BCUT2D eigenvalue weighted by Crippen LogP contribution is 2.32. The number of carbonyl (C=O) groups excluding carboxylic acids is 2. The lowest BCUT2D eigenvalue weighted by atomic mass is 9.94. The molecule has 1 rings (SSSR count). The zero-order valence-corrected chi connectivity index (χ0v) is 11.5. The van der Waals surface area contributed by atoms with Gasteiger partial charge in [0, 0.05) is 19.5 Å². The number of ether oxygens (including phenoxy) is 1. The zero-order valence-electron chi connectivity index (χ0n) is 11.5. The Kier molecular flexibility index (Phi) is 5.59. The Labute approximate surface area is 109 Å². The Bertz CT molecular complexity index is 307. The van der Waals surface area contributed by atoms with Gasteiger partial charge in [0.05, 0.1) is 13.0 Å². The van der Waals surface area contributed by atoms with Gasteiger partial charge in [-0.25, -0.2) is 0 Å². The highest BCUT2D eigenvalue weighted by Gasteiger charge is 2.34. The second kappa shape index (κ2) is 6.73. The van der Waals surface area contributed by atoms with Gasteiger partial charge in [0.1, 0.15) is 0 Å². The Morgan fingerprint density at radius 1 is 1.44 bits per heavy atom. The van der Waals surface area contributed by atoms with Gasteiger partial charge in [-0.05, 0) is 25.3 Å². The van der Waals surface area contributed by atoms with Crippen LogP contribution in [0.4, 0.5) is 0 Å². The summed E-state index contributed by atoms with van der Waals surface area (Å²) in [5, 5.41) is 0. The van der Waals surface area contributed by atoms with Crippen LogP contribution in [0.5, 0.6) is 0 Å². The monoisotopic (exact) mass is 256 g/mol. The zero-order chi connectivity index (χ0) is 13.7. The number of amides is 1. The molecule has 1 amide bonds. The SMILES string of the molecule is COC(=O)C(C)CN(C)C(=O)C1CCCC1CN. The van der Waals surface area contributed by atoms with Crippen molar-refractivity contribution < 1.29 is 14.3 Å². The summed E-state index contributed by atoms with van der Waals surface area (Å²) in [7, 11) is 3.11. The van der Waals surface area contributed by atoms with E-state index < -0.39 is 0 Å². The third kappa shape index (κ3) is 3.45. The number of hydrogen-bond donors (Lipinski definition) is 1. The number of carbonyl (C=O) groups is 2. The number of nitrogens with zero attached hydrogens (tertiary/aromatic N) is 1. The van der Waals surface area contributed by atoms with Gasteiger partial charge in [0.25, 0.3) is 0 Å². The second-order valence-corrected chi connectivity index (χ2v) is 5.18. The third-order valence-corrected chi connectivity index (χ3v) is 3.81. The van der Waals surface area contributed by atoms with Crippen molar-refractivity contribution in [3.63, 3.8) is 0 Å². The van der Waals surface area contributed by atoms with E-state index in [9.17, 15) is 9.59 Å². The van der Waals surface area contributed by atoms with Gasteiger partial charge in [-0.1, -0.05) is 13.3 Å². The lowest BCUT2D eigenvalue weighted by molar-refractivity contribution is -0.146. The minimum Gasteiger partial charge on any atom is -0.469 e. The topological polar surface area (TPSA) is 72.6 Å². The van der Waals surface area contributed by atoms with E-state index in [2.05, 4.69) is 4.74 Å². The number of methoxy groups -OCH3 is 1. The highest BCUT2D eigenvalue weighted by atomic mass is 16.5. The molecule has 3 unspecified atom stereocenters. The van der Waals surface area contributed by atoms with Crippen LogP contribution in [0.1, 0.15) is 26.2 Å². The first-order valence-corrected chi connectivity index (χ1v) is 6.54. The molecule has 0 saturated heterocycles. The molecule has 0 aromatic carbocycles. The van der Waals surface area contributed by atoms with E-state index in [4.69, 9.17) is 5.73 Å². The normalized spacial score (nSPS) is 24.7. The van der Waals surface area contributed by atoms with Crippen molar-refractivity contribution in [2.45, 2.75) is 26.2 Å². The number of nitrogens with two attached hydrogens (primary N) is 1. The van der Waals surface area contributed by atoms with Crippen LogP contribution in [0.2, 0.25) is 0 Å². The number of hydrogen-bond acceptors (Lipinski definition) is 4. The average Bonchev–Trinajstić information content (AvgIpc) is 2.84. The summed E-state index contributed by atoms with van der Waals surface area (Å²) in [6.45, 7) is 2.74. The fourth-order valence-electron chi connectivity index (χ4n) is 2.70. The summed E-state index contributed by atoms with van der Waals surface area (Å²) in [6, 6.07) is 0. The molecule has 2 N–H and O–H groups in total. The van der Waals surface area contributed by atoms with Crippen LogP contribution in [0.15, 0.2) is 0 Å².